The first-order valence-electron chi connectivity index (χ1n) is 14.5. The van der Waals surface area contributed by atoms with E-state index in [0.29, 0.717) is 37.3 Å². The smallest absolute Gasteiger partial charge is 0.306 e. The van der Waals surface area contributed by atoms with E-state index in [9.17, 15) is 29.1 Å². The van der Waals surface area contributed by atoms with Crippen LogP contribution in [0.3, 0.4) is 0 Å². The van der Waals surface area contributed by atoms with Crippen molar-refractivity contribution in [2.75, 3.05) is 23.7 Å². The molecular formula is C32H38ClFN4O5. The summed E-state index contributed by atoms with van der Waals surface area (Å²) < 4.78 is 20.1. The van der Waals surface area contributed by atoms with Crippen molar-refractivity contribution in [3.63, 3.8) is 0 Å². The van der Waals surface area contributed by atoms with Crippen LogP contribution in [0.4, 0.5) is 15.8 Å². The lowest BCUT2D eigenvalue weighted by Gasteiger charge is -2.43. The highest BCUT2D eigenvalue weighted by molar-refractivity contribution is 6.30. The van der Waals surface area contributed by atoms with Crippen molar-refractivity contribution in [2.24, 2.45) is 5.92 Å². The predicted octanol–water partition coefficient (Wildman–Crippen LogP) is 5.50. The Kier molecular flexibility index (Phi) is 9.67. The van der Waals surface area contributed by atoms with Crippen LogP contribution in [0.2, 0.25) is 5.02 Å². The topological polar surface area (TPSA) is 132 Å². The normalized spacial score (nSPS) is 21.2. The molecule has 43 heavy (non-hydrogen) atoms. The van der Waals surface area contributed by atoms with Crippen LogP contribution < -0.4 is 10.6 Å². The molecule has 2 amide bonds. The zero-order chi connectivity index (χ0) is 31.5. The van der Waals surface area contributed by atoms with Gasteiger partial charge in [0.05, 0.1) is 41.5 Å². The molecular weight excluding hydrogens is 575 g/mol. The maximum Gasteiger partial charge on any atom is 0.306 e. The van der Waals surface area contributed by atoms with E-state index >= 15 is 0 Å². The molecule has 2 aliphatic rings. The van der Waals surface area contributed by atoms with Crippen molar-refractivity contribution in [3.8, 4) is 6.07 Å². The number of aliphatic hydroxyl groups is 1. The van der Waals surface area contributed by atoms with Gasteiger partial charge in [-0.2, -0.15) is 5.26 Å². The number of amides is 2. The van der Waals surface area contributed by atoms with E-state index in [-0.39, 0.29) is 60.2 Å². The molecule has 11 heteroatoms. The van der Waals surface area contributed by atoms with Crippen molar-refractivity contribution in [1.29, 1.82) is 5.26 Å². The van der Waals surface area contributed by atoms with Gasteiger partial charge in [0.2, 0.25) is 11.8 Å². The van der Waals surface area contributed by atoms with Crippen LogP contribution in [0, 0.1) is 23.1 Å². The summed E-state index contributed by atoms with van der Waals surface area (Å²) in [6, 6.07) is 9.59. The minimum Gasteiger partial charge on any atom is -0.460 e. The maximum atomic E-state index is 14.8. The van der Waals surface area contributed by atoms with Gasteiger partial charge in [-0.25, -0.2) is 4.39 Å². The molecule has 0 bridgehead atoms. The highest BCUT2D eigenvalue weighted by Crippen LogP contribution is 2.43. The Labute approximate surface area is 256 Å². The van der Waals surface area contributed by atoms with Crippen molar-refractivity contribution >= 4 is 40.8 Å². The third-order valence-corrected chi connectivity index (χ3v) is 8.14. The molecule has 3 N–H and O–H groups in total. The van der Waals surface area contributed by atoms with Crippen molar-refractivity contribution in [2.45, 2.75) is 83.5 Å². The number of carbonyl (C=O) groups is 3. The molecule has 2 aromatic rings. The van der Waals surface area contributed by atoms with Gasteiger partial charge in [-0.15, -0.1) is 0 Å². The molecule has 1 aliphatic carbocycles. The SMILES string of the molecule is C[C@H]1c2ccc(Cl)cc2CCN1C(=O)CNc1cc(NC(=O)CC2(O)CC(CCC(=O)OC(C)(C)C)C2)c(C#N)cc1F. The Balaban J connectivity index is 1.31. The van der Waals surface area contributed by atoms with Gasteiger partial charge in [-0.1, -0.05) is 17.7 Å². The Hall–Kier alpha value is -3.68. The van der Waals surface area contributed by atoms with Gasteiger partial charge in [0.25, 0.3) is 0 Å². The second-order valence-corrected chi connectivity index (χ2v) is 13.0. The summed E-state index contributed by atoms with van der Waals surface area (Å²) in [5.41, 5.74) is 0.280. The number of rotatable bonds is 9. The fraction of sp³-hybridized carbons (Fsp3) is 0.500. The molecule has 0 unspecified atom stereocenters. The van der Waals surface area contributed by atoms with Crippen molar-refractivity contribution in [1.82, 2.24) is 4.90 Å². The zero-order valence-electron chi connectivity index (χ0n) is 24.9. The summed E-state index contributed by atoms with van der Waals surface area (Å²) in [5, 5.41) is 26.4. The summed E-state index contributed by atoms with van der Waals surface area (Å²) in [6.07, 6.45) is 1.96. The summed E-state index contributed by atoms with van der Waals surface area (Å²) in [6.45, 7) is 7.64. The first-order valence-corrected chi connectivity index (χ1v) is 14.8. The molecule has 1 saturated carbocycles. The molecule has 0 radical (unpaired) electrons. The standard InChI is InChI=1S/C32H38ClFN4O5/c1-19-24-7-6-23(33)11-21(24)9-10-38(19)29(40)18-36-27-13-26(22(17-35)12-25(27)34)37-28(39)16-32(42)14-20(15-32)5-8-30(41)43-31(2,3)4/h6-7,11-13,19-20,36,42H,5,8-10,14-16,18H2,1-4H3,(H,37,39)/t19-,20?,32?/m0/s1. The number of nitriles is 1. The second-order valence-electron chi connectivity index (χ2n) is 12.5. The Bertz CT molecular complexity index is 1440. The quantitative estimate of drug-likeness (QED) is 0.319. The fourth-order valence-corrected chi connectivity index (χ4v) is 6.08. The number of benzene rings is 2. The largest absolute Gasteiger partial charge is 0.460 e. The molecule has 1 heterocycles. The number of halogens is 2. The van der Waals surface area contributed by atoms with Crippen LogP contribution in [-0.2, 0) is 25.5 Å². The number of hydrogen-bond acceptors (Lipinski definition) is 7. The minimum atomic E-state index is -1.22. The van der Waals surface area contributed by atoms with E-state index in [2.05, 4.69) is 10.6 Å². The van der Waals surface area contributed by atoms with Gasteiger partial charge >= 0.3 is 5.97 Å². The van der Waals surface area contributed by atoms with E-state index in [0.717, 1.165) is 17.2 Å². The molecule has 1 fully saturated rings. The maximum absolute atomic E-state index is 14.8. The summed E-state index contributed by atoms with van der Waals surface area (Å²) in [7, 11) is 0. The number of carbonyl (C=O) groups excluding carboxylic acids is 3. The summed E-state index contributed by atoms with van der Waals surface area (Å²) >= 11 is 6.11. The minimum absolute atomic E-state index is 0.0379. The first kappa shape index (κ1) is 32.2. The molecule has 2 aromatic carbocycles. The number of esters is 1. The van der Waals surface area contributed by atoms with Crippen LogP contribution in [0.15, 0.2) is 30.3 Å². The second kappa shape index (κ2) is 12.9. The Morgan fingerprint density at radius 2 is 1.93 bits per heavy atom. The molecule has 1 atom stereocenters. The Morgan fingerprint density at radius 1 is 1.21 bits per heavy atom. The fourth-order valence-electron chi connectivity index (χ4n) is 5.89. The molecule has 0 saturated heterocycles. The van der Waals surface area contributed by atoms with Crippen molar-refractivity contribution < 1.29 is 28.6 Å². The van der Waals surface area contributed by atoms with Gasteiger partial charge in [-0.3, -0.25) is 14.4 Å². The molecule has 0 aromatic heterocycles. The molecule has 9 nitrogen and oxygen atoms in total. The van der Waals surface area contributed by atoms with Gasteiger partial charge in [0.15, 0.2) is 0 Å². The van der Waals surface area contributed by atoms with Crippen LogP contribution >= 0.6 is 11.6 Å². The lowest BCUT2D eigenvalue weighted by Crippen LogP contribution is -2.46. The third kappa shape index (κ3) is 8.24. The number of ether oxygens (including phenoxy) is 1. The lowest BCUT2D eigenvalue weighted by molar-refractivity contribution is -0.156. The van der Waals surface area contributed by atoms with E-state index < -0.39 is 22.9 Å². The van der Waals surface area contributed by atoms with Gasteiger partial charge in [0.1, 0.15) is 17.5 Å². The van der Waals surface area contributed by atoms with E-state index in [1.165, 1.54) is 6.07 Å². The van der Waals surface area contributed by atoms with Crippen LogP contribution in [0.5, 0.6) is 0 Å². The number of anilines is 2. The summed E-state index contributed by atoms with van der Waals surface area (Å²) in [5.74, 6) is -1.70. The van der Waals surface area contributed by atoms with E-state index in [1.54, 1.807) is 31.7 Å². The lowest BCUT2D eigenvalue weighted by atomic mass is 9.67. The van der Waals surface area contributed by atoms with E-state index in [1.807, 2.05) is 25.1 Å². The Morgan fingerprint density at radius 3 is 2.60 bits per heavy atom. The molecule has 4 rings (SSSR count). The van der Waals surface area contributed by atoms with Crippen LogP contribution in [-0.4, -0.2) is 52.1 Å². The first-order chi connectivity index (χ1) is 20.2. The van der Waals surface area contributed by atoms with Gasteiger partial charge in [0, 0.05) is 18.0 Å². The third-order valence-electron chi connectivity index (χ3n) is 7.90. The highest BCUT2D eigenvalue weighted by Gasteiger charge is 2.44. The van der Waals surface area contributed by atoms with Crippen LogP contribution in [0.1, 0.15) is 82.5 Å². The highest BCUT2D eigenvalue weighted by atomic mass is 35.5. The zero-order valence-corrected chi connectivity index (χ0v) is 25.7. The number of fused-ring (bicyclic) bond motifs is 1. The number of hydrogen-bond donors (Lipinski definition) is 3. The molecule has 0 spiro atoms. The number of nitrogens with zero attached hydrogens (tertiary/aromatic N) is 2. The molecule has 230 valence electrons. The van der Waals surface area contributed by atoms with Gasteiger partial charge in [-0.05, 0) is 94.7 Å². The van der Waals surface area contributed by atoms with Gasteiger partial charge < -0.3 is 25.4 Å². The number of nitrogens with one attached hydrogen (secondary N) is 2. The van der Waals surface area contributed by atoms with E-state index in [4.69, 9.17) is 16.3 Å². The average Bonchev–Trinajstić information content (AvgIpc) is 2.89. The molecule has 1 aliphatic heterocycles. The monoisotopic (exact) mass is 612 g/mol. The van der Waals surface area contributed by atoms with Crippen molar-refractivity contribution in [3.05, 3.63) is 57.9 Å². The average molecular weight is 613 g/mol. The van der Waals surface area contributed by atoms with Crippen LogP contribution in [0.25, 0.3) is 0 Å². The predicted molar refractivity (Wildman–Crippen MR) is 161 cm³/mol. The summed E-state index contributed by atoms with van der Waals surface area (Å²) in [4.78, 5) is 39.5.